The molecular weight excluding hydrogens is 705 g/mol. The normalized spacial score (nSPS) is 20.1. The first-order chi connectivity index (χ1) is 25.7. The number of methoxy groups -OCH3 is 2. The van der Waals surface area contributed by atoms with Crippen LogP contribution < -0.4 is 16.4 Å². The Morgan fingerprint density at radius 1 is 1.00 bits per heavy atom. The van der Waals surface area contributed by atoms with Gasteiger partial charge in [-0.1, -0.05) is 70.4 Å². The number of ether oxygens (including phenoxy) is 2. The van der Waals surface area contributed by atoms with E-state index in [0.717, 1.165) is 49.1 Å². The molecule has 7 atom stereocenters. The second-order valence-electron chi connectivity index (χ2n) is 16.1. The van der Waals surface area contributed by atoms with Gasteiger partial charge in [0.2, 0.25) is 23.6 Å². The SMILES string of the molecule is CO[C@H](CC(=O)N1CCCC1[C@H](OC)[C@@H](C)C(=O)N[C@@H](Cc1ccccc1)c1nccs1)[C@H](C1CCCCC1)N(C)C(=O)C(NC(=O)C(C)(C)N)C(C)C. The minimum Gasteiger partial charge on any atom is -0.379 e. The van der Waals surface area contributed by atoms with Gasteiger partial charge < -0.3 is 35.6 Å². The number of amides is 4. The van der Waals surface area contributed by atoms with Crippen LogP contribution in [0.3, 0.4) is 0 Å². The number of hydrogen-bond donors (Lipinski definition) is 3. The largest absolute Gasteiger partial charge is 0.379 e. The van der Waals surface area contributed by atoms with Crippen LogP contribution in [-0.4, -0.2) is 102 Å². The lowest BCUT2D eigenvalue weighted by Gasteiger charge is -2.43. The number of hydrogen-bond acceptors (Lipinski definition) is 9. The van der Waals surface area contributed by atoms with Crippen molar-refractivity contribution in [3.8, 4) is 0 Å². The number of carbonyl (C=O) groups is 4. The predicted molar refractivity (Wildman–Crippen MR) is 211 cm³/mol. The fraction of sp³-hybridized carbons (Fsp3) is 0.683. The Bertz CT molecular complexity index is 1490. The first kappa shape index (κ1) is 43.3. The Hall–Kier alpha value is -3.39. The maximum atomic E-state index is 14.4. The van der Waals surface area contributed by atoms with Gasteiger partial charge in [-0.2, -0.15) is 0 Å². The van der Waals surface area contributed by atoms with Crippen LogP contribution in [0.2, 0.25) is 0 Å². The van der Waals surface area contributed by atoms with Crippen molar-refractivity contribution in [2.75, 3.05) is 27.8 Å². The summed E-state index contributed by atoms with van der Waals surface area (Å²) in [5.41, 5.74) is 6.03. The molecule has 4 rings (SSSR count). The number of likely N-dealkylation sites (N-methyl/N-ethyl adjacent to an activating group) is 1. The van der Waals surface area contributed by atoms with Gasteiger partial charge in [0.25, 0.3) is 0 Å². The molecular formula is C41H64N6O6S. The second-order valence-corrected chi connectivity index (χ2v) is 17.1. The minimum atomic E-state index is -1.15. The summed E-state index contributed by atoms with van der Waals surface area (Å²) in [6, 6.07) is 8.25. The number of aromatic nitrogens is 1. The fourth-order valence-corrected chi connectivity index (χ4v) is 8.92. The monoisotopic (exact) mass is 768 g/mol. The third kappa shape index (κ3) is 11.1. The zero-order valence-electron chi connectivity index (χ0n) is 33.6. The van der Waals surface area contributed by atoms with Crippen molar-refractivity contribution < 1.29 is 28.7 Å². The molecule has 2 fully saturated rings. The molecule has 1 saturated heterocycles. The van der Waals surface area contributed by atoms with E-state index in [1.54, 1.807) is 46.2 Å². The molecule has 1 aliphatic carbocycles. The average molecular weight is 769 g/mol. The second kappa shape index (κ2) is 20.0. The molecule has 1 saturated carbocycles. The van der Waals surface area contributed by atoms with Gasteiger partial charge in [-0.25, -0.2) is 4.98 Å². The molecule has 13 heteroatoms. The van der Waals surface area contributed by atoms with Gasteiger partial charge in [0, 0.05) is 39.4 Å². The van der Waals surface area contributed by atoms with E-state index in [-0.39, 0.29) is 54.1 Å². The van der Waals surface area contributed by atoms with Gasteiger partial charge in [0.05, 0.1) is 48.2 Å². The van der Waals surface area contributed by atoms with E-state index in [4.69, 9.17) is 15.2 Å². The van der Waals surface area contributed by atoms with Crippen LogP contribution >= 0.6 is 11.3 Å². The number of nitrogens with two attached hydrogens (primary N) is 1. The quantitative estimate of drug-likeness (QED) is 0.194. The van der Waals surface area contributed by atoms with Gasteiger partial charge >= 0.3 is 0 Å². The van der Waals surface area contributed by atoms with Crippen LogP contribution in [0.5, 0.6) is 0 Å². The molecule has 0 spiro atoms. The van der Waals surface area contributed by atoms with E-state index < -0.39 is 35.6 Å². The van der Waals surface area contributed by atoms with Gasteiger partial charge in [0.15, 0.2) is 0 Å². The van der Waals surface area contributed by atoms with Crippen molar-refractivity contribution in [2.24, 2.45) is 23.5 Å². The highest BCUT2D eigenvalue weighted by Crippen LogP contribution is 2.34. The number of benzene rings is 1. The van der Waals surface area contributed by atoms with E-state index in [1.807, 2.05) is 61.4 Å². The van der Waals surface area contributed by atoms with E-state index in [2.05, 4.69) is 15.6 Å². The Balaban J connectivity index is 1.51. The molecule has 4 amide bonds. The van der Waals surface area contributed by atoms with Crippen molar-refractivity contribution in [1.82, 2.24) is 25.4 Å². The summed E-state index contributed by atoms with van der Waals surface area (Å²) in [7, 11) is 4.97. The van der Waals surface area contributed by atoms with E-state index in [0.29, 0.717) is 19.4 Å². The van der Waals surface area contributed by atoms with E-state index in [1.165, 1.54) is 11.3 Å². The number of thiazole rings is 1. The summed E-state index contributed by atoms with van der Waals surface area (Å²) in [5.74, 6) is -1.49. The van der Waals surface area contributed by atoms with Crippen molar-refractivity contribution >= 4 is 35.0 Å². The number of nitrogens with zero attached hydrogens (tertiary/aromatic N) is 3. The molecule has 1 aromatic heterocycles. The van der Waals surface area contributed by atoms with Crippen molar-refractivity contribution in [3.63, 3.8) is 0 Å². The number of likely N-dealkylation sites (tertiary alicyclic amines) is 1. The van der Waals surface area contributed by atoms with Crippen molar-refractivity contribution in [2.45, 2.75) is 134 Å². The first-order valence-corrected chi connectivity index (χ1v) is 20.5. The number of rotatable bonds is 18. The van der Waals surface area contributed by atoms with Gasteiger partial charge in [-0.15, -0.1) is 11.3 Å². The highest BCUT2D eigenvalue weighted by atomic mass is 32.1. The van der Waals surface area contributed by atoms with Crippen LogP contribution in [0, 0.1) is 17.8 Å². The summed E-state index contributed by atoms with van der Waals surface area (Å²) in [6.45, 7) is 9.43. The van der Waals surface area contributed by atoms with Crippen LogP contribution in [0.4, 0.5) is 0 Å². The van der Waals surface area contributed by atoms with Crippen molar-refractivity contribution in [1.29, 1.82) is 0 Å². The molecule has 0 radical (unpaired) electrons. The Labute approximate surface area is 326 Å². The highest BCUT2D eigenvalue weighted by molar-refractivity contribution is 7.09. The summed E-state index contributed by atoms with van der Waals surface area (Å²) in [4.78, 5) is 63.5. The molecule has 0 bridgehead atoms. The topological polar surface area (TPSA) is 156 Å². The summed E-state index contributed by atoms with van der Waals surface area (Å²) < 4.78 is 12.2. The smallest absolute Gasteiger partial charge is 0.245 e. The molecule has 2 heterocycles. The summed E-state index contributed by atoms with van der Waals surface area (Å²) in [6.07, 6.45) is 7.84. The lowest BCUT2D eigenvalue weighted by Crippen LogP contribution is -2.61. The molecule has 2 aromatic rings. The highest BCUT2D eigenvalue weighted by Gasteiger charge is 2.44. The third-order valence-electron chi connectivity index (χ3n) is 11.3. The minimum absolute atomic E-state index is 0.0700. The molecule has 4 N–H and O–H groups in total. The van der Waals surface area contributed by atoms with Crippen LogP contribution in [0.25, 0.3) is 0 Å². The van der Waals surface area contributed by atoms with E-state index >= 15 is 0 Å². The fourth-order valence-electron chi connectivity index (χ4n) is 8.23. The van der Waals surface area contributed by atoms with Gasteiger partial charge in [-0.3, -0.25) is 19.2 Å². The predicted octanol–water partition coefficient (Wildman–Crippen LogP) is 4.88. The molecule has 1 aliphatic heterocycles. The van der Waals surface area contributed by atoms with Crippen LogP contribution in [-0.2, 0) is 35.1 Å². The van der Waals surface area contributed by atoms with E-state index in [9.17, 15) is 19.2 Å². The lowest BCUT2D eigenvalue weighted by molar-refractivity contribution is -0.148. The van der Waals surface area contributed by atoms with Gasteiger partial charge in [-0.05, 0) is 63.4 Å². The number of carbonyl (C=O) groups excluding carboxylic acids is 4. The Morgan fingerprint density at radius 2 is 1.69 bits per heavy atom. The molecule has 300 valence electrons. The number of nitrogens with one attached hydrogen (secondary N) is 2. The Kier molecular flexibility index (Phi) is 16.0. The zero-order chi connectivity index (χ0) is 39.6. The molecule has 2 aliphatic rings. The Morgan fingerprint density at radius 3 is 2.26 bits per heavy atom. The maximum absolute atomic E-state index is 14.4. The summed E-state index contributed by atoms with van der Waals surface area (Å²) in [5, 5.41) is 8.87. The van der Waals surface area contributed by atoms with Crippen molar-refractivity contribution in [3.05, 3.63) is 52.5 Å². The average Bonchev–Trinajstić information content (AvgIpc) is 3.87. The lowest BCUT2D eigenvalue weighted by atomic mass is 9.80. The summed E-state index contributed by atoms with van der Waals surface area (Å²) >= 11 is 1.51. The van der Waals surface area contributed by atoms with Crippen LogP contribution in [0.15, 0.2) is 41.9 Å². The molecule has 12 nitrogen and oxygen atoms in total. The standard InChI is InChI=1S/C41H64N6O6S/c1-26(2)34(45-40(51)41(4,5)42)39(50)46(6)35(29-18-13-10-14-19-29)32(52-7)25-33(48)47-22-15-20-31(47)36(53-8)27(3)37(49)44-30(38-43-21-23-54-38)24-28-16-11-9-12-17-28/h9,11-12,16-17,21,23,26-27,29-32,34-36H,10,13-15,18-20,22,24-25,42H2,1-8H3,(H,44,49)(H,45,51)/t27-,30+,31?,32-,34?,35+,36-/m1/s1. The molecule has 54 heavy (non-hydrogen) atoms. The van der Waals surface area contributed by atoms with Crippen LogP contribution in [0.1, 0.15) is 103 Å². The molecule has 2 unspecified atom stereocenters. The third-order valence-corrected chi connectivity index (χ3v) is 12.2. The zero-order valence-corrected chi connectivity index (χ0v) is 34.4. The molecule has 1 aromatic carbocycles. The first-order valence-electron chi connectivity index (χ1n) is 19.6. The maximum Gasteiger partial charge on any atom is 0.245 e. The van der Waals surface area contributed by atoms with Gasteiger partial charge in [0.1, 0.15) is 11.0 Å².